The molecule has 3 unspecified atom stereocenters. The molecular formula is C23H22F2N4. The fourth-order valence-electron chi connectivity index (χ4n) is 4.68. The molecule has 1 aromatic carbocycles. The summed E-state index contributed by atoms with van der Waals surface area (Å²) in [7, 11) is 0. The second kappa shape index (κ2) is 7.02. The highest BCUT2D eigenvalue weighted by atomic mass is 19.2. The second-order valence-electron chi connectivity index (χ2n) is 8.88. The topological polar surface area (TPSA) is 97.4 Å². The Kier molecular flexibility index (Phi) is 4.97. The molecule has 6 heteroatoms. The minimum atomic E-state index is -1.84. The molecule has 0 saturated heterocycles. The third kappa shape index (κ3) is 3.08. The van der Waals surface area contributed by atoms with Gasteiger partial charge in [0, 0.05) is 5.92 Å². The molecule has 0 aliphatic heterocycles. The number of hydrogen-bond donors (Lipinski definition) is 1. The van der Waals surface area contributed by atoms with E-state index in [2.05, 4.69) is 26.8 Å². The van der Waals surface area contributed by atoms with Crippen LogP contribution >= 0.6 is 0 Å². The summed E-state index contributed by atoms with van der Waals surface area (Å²) in [6.07, 6.45) is 3.31. The Balaban J connectivity index is 2.32. The van der Waals surface area contributed by atoms with Crippen molar-refractivity contribution in [2.75, 3.05) is 0 Å². The number of nitrogens with two attached hydrogens (primary N) is 1. The summed E-state index contributed by atoms with van der Waals surface area (Å²) < 4.78 is 27.6. The lowest BCUT2D eigenvalue weighted by Crippen LogP contribution is -2.44. The number of benzene rings is 1. The third-order valence-electron chi connectivity index (χ3n) is 6.40. The summed E-state index contributed by atoms with van der Waals surface area (Å²) in [5, 5.41) is 29.8. The first kappa shape index (κ1) is 20.6. The van der Waals surface area contributed by atoms with Crippen LogP contribution in [0.25, 0.3) is 0 Å². The zero-order valence-electron chi connectivity index (χ0n) is 16.6. The minimum absolute atomic E-state index is 0.0396. The molecule has 2 aliphatic rings. The van der Waals surface area contributed by atoms with Gasteiger partial charge in [-0.3, -0.25) is 0 Å². The average Bonchev–Trinajstić information content (AvgIpc) is 2.68. The van der Waals surface area contributed by atoms with Crippen molar-refractivity contribution in [2.24, 2.45) is 28.4 Å². The molecule has 0 fully saturated rings. The quantitative estimate of drug-likeness (QED) is 0.740. The lowest BCUT2D eigenvalue weighted by molar-refractivity contribution is 0.170. The molecule has 29 heavy (non-hydrogen) atoms. The van der Waals surface area contributed by atoms with Crippen molar-refractivity contribution in [2.45, 2.75) is 39.5 Å². The highest BCUT2D eigenvalue weighted by molar-refractivity contribution is 5.59. The monoisotopic (exact) mass is 392 g/mol. The highest BCUT2D eigenvalue weighted by Gasteiger charge is 2.55. The van der Waals surface area contributed by atoms with Gasteiger partial charge in [0.05, 0.1) is 23.4 Å². The molecule has 0 radical (unpaired) electrons. The van der Waals surface area contributed by atoms with Crippen LogP contribution < -0.4 is 5.73 Å². The van der Waals surface area contributed by atoms with Crippen LogP contribution in [0.4, 0.5) is 8.78 Å². The van der Waals surface area contributed by atoms with Crippen LogP contribution in [-0.4, -0.2) is 0 Å². The Morgan fingerprint density at radius 2 is 1.76 bits per heavy atom. The van der Waals surface area contributed by atoms with E-state index >= 15 is 0 Å². The maximum Gasteiger partial charge on any atom is 0.191 e. The molecule has 2 aliphatic carbocycles. The van der Waals surface area contributed by atoms with E-state index in [0.29, 0.717) is 17.6 Å². The largest absolute Gasteiger partial charge is 0.399 e. The van der Waals surface area contributed by atoms with Gasteiger partial charge >= 0.3 is 0 Å². The van der Waals surface area contributed by atoms with Gasteiger partial charge in [-0.15, -0.1) is 0 Å². The van der Waals surface area contributed by atoms with Gasteiger partial charge in [-0.2, -0.15) is 15.8 Å². The van der Waals surface area contributed by atoms with E-state index in [-0.39, 0.29) is 28.5 Å². The average molecular weight is 392 g/mol. The molecular weight excluding hydrogens is 370 g/mol. The molecule has 0 spiro atoms. The smallest absolute Gasteiger partial charge is 0.191 e. The van der Waals surface area contributed by atoms with Crippen LogP contribution in [0.3, 0.4) is 0 Å². The van der Waals surface area contributed by atoms with Crippen molar-refractivity contribution < 1.29 is 8.78 Å². The Labute approximate surface area is 169 Å². The summed E-state index contributed by atoms with van der Waals surface area (Å²) in [6.45, 7) is 6.34. The lowest BCUT2D eigenvalue weighted by Gasteiger charge is -2.47. The van der Waals surface area contributed by atoms with E-state index in [0.717, 1.165) is 18.6 Å². The number of halogens is 2. The molecule has 0 saturated carbocycles. The van der Waals surface area contributed by atoms with Gasteiger partial charge in [-0.05, 0) is 53.4 Å². The first-order valence-corrected chi connectivity index (χ1v) is 9.49. The number of nitrogens with zero attached hydrogens (tertiary/aromatic N) is 3. The molecule has 0 amide bonds. The number of nitriles is 3. The van der Waals surface area contributed by atoms with Gasteiger partial charge < -0.3 is 5.73 Å². The van der Waals surface area contributed by atoms with Crippen LogP contribution in [0.5, 0.6) is 0 Å². The molecule has 3 atom stereocenters. The Hall–Kier alpha value is -3.17. The second-order valence-corrected chi connectivity index (χ2v) is 8.88. The summed E-state index contributed by atoms with van der Waals surface area (Å²) in [5.74, 6) is -2.99. The van der Waals surface area contributed by atoms with Gasteiger partial charge in [0.2, 0.25) is 0 Å². The molecule has 0 bridgehead atoms. The first-order valence-electron chi connectivity index (χ1n) is 9.49. The summed E-state index contributed by atoms with van der Waals surface area (Å²) in [6, 6.07) is 9.53. The van der Waals surface area contributed by atoms with Crippen molar-refractivity contribution in [1.82, 2.24) is 0 Å². The van der Waals surface area contributed by atoms with E-state index in [1.807, 2.05) is 18.2 Å². The zero-order chi connectivity index (χ0) is 21.6. The van der Waals surface area contributed by atoms with Crippen LogP contribution in [0.15, 0.2) is 41.1 Å². The summed E-state index contributed by atoms with van der Waals surface area (Å²) in [4.78, 5) is 0. The van der Waals surface area contributed by atoms with Crippen molar-refractivity contribution in [3.8, 4) is 18.2 Å². The minimum Gasteiger partial charge on any atom is -0.399 e. The number of hydrogen-bond acceptors (Lipinski definition) is 4. The first-order chi connectivity index (χ1) is 13.6. The summed E-state index contributed by atoms with van der Waals surface area (Å²) >= 11 is 0. The standard InChI is InChI=1S/C23H22F2N4/c1-22(2,3)14-5-6-15-16(9-14)20(13-4-7-18(24)19(25)8-13)23(11-27,12-28)21(29)17(15)10-26/h4,6-8,14,16,20H,5,9,29H2,1-3H3. The van der Waals surface area contributed by atoms with Gasteiger partial charge in [-0.25, -0.2) is 8.78 Å². The predicted octanol–water partition coefficient (Wildman–Crippen LogP) is 4.83. The third-order valence-corrected chi connectivity index (χ3v) is 6.40. The van der Waals surface area contributed by atoms with Crippen molar-refractivity contribution in [3.05, 3.63) is 58.3 Å². The molecule has 0 heterocycles. The van der Waals surface area contributed by atoms with E-state index in [1.165, 1.54) is 6.07 Å². The van der Waals surface area contributed by atoms with Crippen LogP contribution in [0, 0.1) is 68.3 Å². The number of rotatable bonds is 1. The molecule has 1 aromatic rings. The SMILES string of the molecule is CC(C)(C)C1CC=C2C(C#N)=C(N)C(C#N)(C#N)C(c3ccc(F)c(F)c3)C2C1. The maximum atomic E-state index is 14.1. The number of allylic oxidation sites excluding steroid dienone is 4. The Morgan fingerprint density at radius 3 is 2.28 bits per heavy atom. The van der Waals surface area contributed by atoms with E-state index in [4.69, 9.17) is 5.73 Å². The predicted molar refractivity (Wildman–Crippen MR) is 103 cm³/mol. The summed E-state index contributed by atoms with van der Waals surface area (Å²) in [5.41, 5.74) is 5.41. The molecule has 4 nitrogen and oxygen atoms in total. The van der Waals surface area contributed by atoms with Gasteiger partial charge in [0.25, 0.3) is 0 Å². The van der Waals surface area contributed by atoms with Crippen molar-refractivity contribution in [3.63, 3.8) is 0 Å². The Bertz CT molecular complexity index is 1030. The fourth-order valence-corrected chi connectivity index (χ4v) is 4.68. The van der Waals surface area contributed by atoms with E-state index in [1.54, 1.807) is 0 Å². The molecule has 0 aromatic heterocycles. The molecule has 3 rings (SSSR count). The van der Waals surface area contributed by atoms with E-state index < -0.39 is 23.0 Å². The van der Waals surface area contributed by atoms with Gasteiger partial charge in [-0.1, -0.05) is 32.9 Å². The van der Waals surface area contributed by atoms with Crippen LogP contribution in [0.2, 0.25) is 0 Å². The van der Waals surface area contributed by atoms with Crippen LogP contribution in [-0.2, 0) is 0 Å². The molecule has 148 valence electrons. The van der Waals surface area contributed by atoms with Gasteiger partial charge in [0.15, 0.2) is 17.0 Å². The normalized spacial score (nSPS) is 25.9. The Morgan fingerprint density at radius 1 is 1.10 bits per heavy atom. The lowest BCUT2D eigenvalue weighted by atomic mass is 9.54. The fraction of sp³-hybridized carbons (Fsp3) is 0.435. The maximum absolute atomic E-state index is 14.1. The molecule has 2 N–H and O–H groups in total. The number of fused-ring (bicyclic) bond motifs is 1. The zero-order valence-corrected chi connectivity index (χ0v) is 16.6. The van der Waals surface area contributed by atoms with E-state index in [9.17, 15) is 24.6 Å². The van der Waals surface area contributed by atoms with Crippen LogP contribution in [0.1, 0.15) is 45.1 Å². The van der Waals surface area contributed by atoms with Crippen molar-refractivity contribution >= 4 is 0 Å². The van der Waals surface area contributed by atoms with Crippen molar-refractivity contribution in [1.29, 1.82) is 15.8 Å². The highest BCUT2D eigenvalue weighted by Crippen LogP contribution is 2.57. The van der Waals surface area contributed by atoms with Gasteiger partial charge in [0.1, 0.15) is 6.07 Å².